The van der Waals surface area contributed by atoms with Gasteiger partial charge in [0.2, 0.25) is 0 Å². The molecule has 1 aliphatic rings. The van der Waals surface area contributed by atoms with Crippen LogP contribution in [0.25, 0.3) is 0 Å². The lowest BCUT2D eigenvalue weighted by Crippen LogP contribution is -2.47. The zero-order chi connectivity index (χ0) is 12.7. The van der Waals surface area contributed by atoms with Crippen LogP contribution < -0.4 is 10.6 Å². The number of carboxylic acids is 1. The van der Waals surface area contributed by atoms with Crippen LogP contribution in [0, 0.1) is 5.92 Å². The first-order valence-electron chi connectivity index (χ1n) is 5.98. The number of urea groups is 1. The monoisotopic (exact) mass is 244 g/mol. The van der Waals surface area contributed by atoms with E-state index >= 15 is 0 Å². The van der Waals surface area contributed by atoms with E-state index in [9.17, 15) is 9.59 Å². The number of hydrogen-bond donors (Lipinski definition) is 3. The van der Waals surface area contributed by atoms with Gasteiger partial charge in [-0.2, -0.15) is 0 Å². The number of rotatable bonds is 5. The van der Waals surface area contributed by atoms with Crippen molar-refractivity contribution in [1.82, 2.24) is 10.6 Å². The number of ether oxygens (including phenoxy) is 1. The Hall–Kier alpha value is -1.30. The number of amides is 2. The van der Waals surface area contributed by atoms with Gasteiger partial charge >= 0.3 is 12.0 Å². The average molecular weight is 244 g/mol. The molecular weight excluding hydrogens is 224 g/mol. The van der Waals surface area contributed by atoms with E-state index in [4.69, 9.17) is 9.84 Å². The summed E-state index contributed by atoms with van der Waals surface area (Å²) in [5.41, 5.74) is 0. The topological polar surface area (TPSA) is 87.7 Å². The molecule has 1 fully saturated rings. The maximum Gasteiger partial charge on any atom is 0.326 e. The Morgan fingerprint density at radius 1 is 1.41 bits per heavy atom. The van der Waals surface area contributed by atoms with Crippen molar-refractivity contribution in [3.63, 3.8) is 0 Å². The van der Waals surface area contributed by atoms with Crippen molar-refractivity contribution in [2.45, 2.75) is 32.2 Å². The van der Waals surface area contributed by atoms with Gasteiger partial charge in [-0.25, -0.2) is 9.59 Å². The number of carbonyl (C=O) groups is 2. The van der Waals surface area contributed by atoms with Gasteiger partial charge < -0.3 is 20.5 Å². The van der Waals surface area contributed by atoms with E-state index in [1.54, 1.807) is 6.92 Å². The number of carboxylic acid groups (broad SMARTS) is 1. The van der Waals surface area contributed by atoms with Crippen molar-refractivity contribution in [2.24, 2.45) is 5.92 Å². The van der Waals surface area contributed by atoms with Gasteiger partial charge in [-0.1, -0.05) is 6.92 Å². The number of nitrogens with one attached hydrogen (secondary N) is 2. The highest BCUT2D eigenvalue weighted by Gasteiger charge is 2.19. The van der Waals surface area contributed by atoms with Crippen LogP contribution in [-0.4, -0.2) is 42.9 Å². The van der Waals surface area contributed by atoms with Crippen molar-refractivity contribution in [1.29, 1.82) is 0 Å². The van der Waals surface area contributed by atoms with Crippen molar-refractivity contribution >= 4 is 12.0 Å². The maximum absolute atomic E-state index is 11.4. The lowest BCUT2D eigenvalue weighted by atomic mass is 10.0. The minimum Gasteiger partial charge on any atom is -0.480 e. The van der Waals surface area contributed by atoms with Crippen molar-refractivity contribution in [2.75, 3.05) is 19.8 Å². The molecule has 0 aliphatic carbocycles. The molecule has 6 nitrogen and oxygen atoms in total. The normalized spacial score (nSPS) is 18.4. The standard InChI is InChI=1S/C11H20N2O4/c1-2-9(10(14)15)13-11(16)12-7-8-3-5-17-6-4-8/h8-9H,2-7H2,1H3,(H,14,15)(H2,12,13,16). The van der Waals surface area contributed by atoms with E-state index in [0.29, 0.717) is 18.9 Å². The van der Waals surface area contributed by atoms with E-state index in [2.05, 4.69) is 10.6 Å². The van der Waals surface area contributed by atoms with Gasteiger partial charge in [-0.05, 0) is 25.2 Å². The molecule has 0 aromatic heterocycles. The summed E-state index contributed by atoms with van der Waals surface area (Å²) >= 11 is 0. The van der Waals surface area contributed by atoms with Crippen molar-refractivity contribution in [3.8, 4) is 0 Å². The van der Waals surface area contributed by atoms with Crippen LogP contribution in [0.5, 0.6) is 0 Å². The molecule has 1 rings (SSSR count). The third kappa shape index (κ3) is 5.04. The lowest BCUT2D eigenvalue weighted by molar-refractivity contribution is -0.139. The predicted molar refractivity (Wildman–Crippen MR) is 61.8 cm³/mol. The predicted octanol–water partition coefficient (Wildman–Crippen LogP) is 0.575. The number of aliphatic carboxylic acids is 1. The van der Waals surface area contributed by atoms with Gasteiger partial charge in [0, 0.05) is 19.8 Å². The zero-order valence-electron chi connectivity index (χ0n) is 10.1. The van der Waals surface area contributed by atoms with Crippen molar-refractivity contribution < 1.29 is 19.4 Å². The molecule has 1 atom stereocenters. The Labute approximate surface area is 101 Å². The first kappa shape index (κ1) is 13.8. The smallest absolute Gasteiger partial charge is 0.326 e. The first-order valence-corrected chi connectivity index (χ1v) is 5.98. The van der Waals surface area contributed by atoms with Gasteiger partial charge in [0.25, 0.3) is 0 Å². The van der Waals surface area contributed by atoms with Gasteiger partial charge in [-0.15, -0.1) is 0 Å². The maximum atomic E-state index is 11.4. The molecule has 1 unspecified atom stereocenters. The first-order chi connectivity index (χ1) is 8.13. The third-order valence-corrected chi connectivity index (χ3v) is 2.90. The third-order valence-electron chi connectivity index (χ3n) is 2.90. The van der Waals surface area contributed by atoms with Crippen molar-refractivity contribution in [3.05, 3.63) is 0 Å². The molecule has 1 heterocycles. The Morgan fingerprint density at radius 3 is 2.59 bits per heavy atom. The molecule has 17 heavy (non-hydrogen) atoms. The summed E-state index contributed by atoms with van der Waals surface area (Å²) < 4.78 is 5.21. The highest BCUT2D eigenvalue weighted by Crippen LogP contribution is 2.12. The number of hydrogen-bond acceptors (Lipinski definition) is 3. The highest BCUT2D eigenvalue weighted by atomic mass is 16.5. The Balaban J connectivity index is 2.21. The zero-order valence-corrected chi connectivity index (χ0v) is 10.1. The van der Waals surface area contributed by atoms with Crippen LogP contribution >= 0.6 is 0 Å². The summed E-state index contributed by atoms with van der Waals surface area (Å²) in [5.74, 6) is -0.576. The molecule has 0 saturated carbocycles. The molecule has 1 aliphatic heterocycles. The largest absolute Gasteiger partial charge is 0.480 e. The quantitative estimate of drug-likeness (QED) is 0.660. The average Bonchev–Trinajstić information content (AvgIpc) is 2.34. The summed E-state index contributed by atoms with van der Waals surface area (Å²) in [6.07, 6.45) is 2.26. The van der Waals surface area contributed by atoms with Crippen LogP contribution in [0.4, 0.5) is 4.79 Å². The van der Waals surface area contributed by atoms with E-state index < -0.39 is 18.0 Å². The molecule has 0 bridgehead atoms. The fourth-order valence-electron chi connectivity index (χ4n) is 1.74. The van der Waals surface area contributed by atoms with Crippen LogP contribution in [0.15, 0.2) is 0 Å². The van der Waals surface area contributed by atoms with E-state index in [0.717, 1.165) is 26.1 Å². The summed E-state index contributed by atoms with van der Waals surface area (Å²) in [6, 6.07) is -1.23. The second kappa shape index (κ2) is 7.11. The lowest BCUT2D eigenvalue weighted by Gasteiger charge is -2.22. The van der Waals surface area contributed by atoms with Gasteiger partial charge in [0.1, 0.15) is 6.04 Å². The fraction of sp³-hybridized carbons (Fsp3) is 0.818. The number of carbonyl (C=O) groups excluding carboxylic acids is 1. The molecule has 0 aromatic rings. The second-order valence-electron chi connectivity index (χ2n) is 4.21. The summed E-state index contributed by atoms with van der Waals surface area (Å²) in [4.78, 5) is 22.2. The van der Waals surface area contributed by atoms with Crippen LogP contribution in [0.2, 0.25) is 0 Å². The summed E-state index contributed by atoms with van der Waals surface area (Å²) in [5, 5.41) is 13.9. The molecule has 6 heteroatoms. The molecule has 3 N–H and O–H groups in total. The van der Waals surface area contributed by atoms with E-state index in [1.165, 1.54) is 0 Å². The molecule has 1 saturated heterocycles. The fourth-order valence-corrected chi connectivity index (χ4v) is 1.74. The molecule has 0 radical (unpaired) electrons. The highest BCUT2D eigenvalue weighted by molar-refractivity contribution is 5.82. The SMILES string of the molecule is CCC(NC(=O)NCC1CCOCC1)C(=O)O. The van der Waals surface area contributed by atoms with E-state index in [1.807, 2.05) is 0 Å². The molecule has 0 aromatic carbocycles. The summed E-state index contributed by atoms with van der Waals surface area (Å²) in [7, 11) is 0. The van der Waals surface area contributed by atoms with Gasteiger partial charge in [-0.3, -0.25) is 0 Å². The molecule has 98 valence electrons. The minimum absolute atomic E-state index is 0.375. The van der Waals surface area contributed by atoms with Gasteiger partial charge in [0.05, 0.1) is 0 Å². The van der Waals surface area contributed by atoms with Gasteiger partial charge in [0.15, 0.2) is 0 Å². The molecule has 2 amide bonds. The summed E-state index contributed by atoms with van der Waals surface area (Å²) in [6.45, 7) is 3.77. The molecular formula is C11H20N2O4. The minimum atomic E-state index is -1.01. The van der Waals surface area contributed by atoms with E-state index in [-0.39, 0.29) is 0 Å². The molecule has 0 spiro atoms. The van der Waals surface area contributed by atoms with Crippen LogP contribution in [-0.2, 0) is 9.53 Å². The second-order valence-corrected chi connectivity index (χ2v) is 4.21. The van der Waals surface area contributed by atoms with Crippen LogP contribution in [0.1, 0.15) is 26.2 Å². The van der Waals surface area contributed by atoms with Crippen LogP contribution in [0.3, 0.4) is 0 Å². The Bertz CT molecular complexity index is 264. The Kier molecular flexibility index (Phi) is 5.76. The Morgan fingerprint density at radius 2 is 2.06 bits per heavy atom.